The lowest BCUT2D eigenvalue weighted by atomic mass is 10.2. The molecule has 0 aromatic carbocycles. The number of imidazole rings is 1. The zero-order valence-corrected chi connectivity index (χ0v) is 7.72. The summed E-state index contributed by atoms with van der Waals surface area (Å²) in [6.07, 6.45) is 5.16. The van der Waals surface area contributed by atoms with Crippen LogP contribution in [0.2, 0.25) is 0 Å². The largest absolute Gasteiger partial charge is 0.394 e. The van der Waals surface area contributed by atoms with Crippen molar-refractivity contribution in [3.63, 3.8) is 0 Å². The minimum Gasteiger partial charge on any atom is -0.394 e. The summed E-state index contributed by atoms with van der Waals surface area (Å²) < 4.78 is 1.90. The van der Waals surface area contributed by atoms with Crippen LogP contribution in [0.1, 0.15) is 24.7 Å². The lowest BCUT2D eigenvalue weighted by molar-refractivity contribution is 0.262. The van der Waals surface area contributed by atoms with E-state index in [1.807, 2.05) is 11.5 Å². The Hall–Kier alpha value is -1.13. The Morgan fingerprint density at radius 2 is 2.54 bits per heavy atom. The van der Waals surface area contributed by atoms with Crippen LogP contribution in [0, 0.1) is 0 Å². The van der Waals surface area contributed by atoms with Crippen LogP contribution in [0.3, 0.4) is 0 Å². The van der Waals surface area contributed by atoms with Crippen molar-refractivity contribution in [1.29, 1.82) is 0 Å². The summed E-state index contributed by atoms with van der Waals surface area (Å²) >= 11 is 0. The number of allylic oxidation sites excluding steroid dienone is 1. The fourth-order valence-electron chi connectivity index (χ4n) is 1.15. The van der Waals surface area contributed by atoms with Crippen LogP contribution in [-0.2, 0) is 0 Å². The smallest absolute Gasteiger partial charge is 0.0954 e. The van der Waals surface area contributed by atoms with Crippen molar-refractivity contribution in [2.24, 2.45) is 5.73 Å². The lowest BCUT2D eigenvalue weighted by Crippen LogP contribution is -2.19. The molecule has 1 rings (SSSR count). The highest BCUT2D eigenvalue weighted by Crippen LogP contribution is 2.15. The van der Waals surface area contributed by atoms with Gasteiger partial charge in [0.05, 0.1) is 24.7 Å². The van der Waals surface area contributed by atoms with E-state index in [4.69, 9.17) is 10.8 Å². The molecule has 2 atom stereocenters. The van der Waals surface area contributed by atoms with Gasteiger partial charge in [-0.1, -0.05) is 6.08 Å². The van der Waals surface area contributed by atoms with Crippen LogP contribution in [0.25, 0.3) is 0 Å². The Kier molecular flexibility index (Phi) is 3.22. The lowest BCUT2D eigenvalue weighted by Gasteiger charge is -2.15. The van der Waals surface area contributed by atoms with Gasteiger partial charge in [0.1, 0.15) is 0 Å². The topological polar surface area (TPSA) is 64.1 Å². The first-order valence-corrected chi connectivity index (χ1v) is 4.21. The molecule has 1 aromatic heterocycles. The molecule has 0 fully saturated rings. The van der Waals surface area contributed by atoms with Gasteiger partial charge in [-0.15, -0.1) is 6.58 Å². The number of hydrogen-bond donors (Lipinski definition) is 2. The van der Waals surface area contributed by atoms with Gasteiger partial charge >= 0.3 is 0 Å². The molecular formula is C9H15N3O. The first-order valence-electron chi connectivity index (χ1n) is 4.21. The van der Waals surface area contributed by atoms with Crippen molar-refractivity contribution in [3.8, 4) is 0 Å². The quantitative estimate of drug-likeness (QED) is 0.669. The summed E-state index contributed by atoms with van der Waals surface area (Å²) in [6, 6.07) is -0.222. The third-order valence-corrected chi connectivity index (χ3v) is 2.05. The molecular weight excluding hydrogens is 166 g/mol. The predicted molar refractivity (Wildman–Crippen MR) is 51.1 cm³/mol. The Bertz CT molecular complexity index is 282. The molecule has 0 saturated carbocycles. The molecule has 0 aliphatic rings. The first kappa shape index (κ1) is 9.95. The molecule has 0 spiro atoms. The van der Waals surface area contributed by atoms with Crippen LogP contribution >= 0.6 is 0 Å². The average Bonchev–Trinajstić information content (AvgIpc) is 2.63. The predicted octanol–water partition coefficient (Wildman–Crippen LogP) is 0.622. The highest BCUT2D eigenvalue weighted by molar-refractivity contribution is 5.07. The van der Waals surface area contributed by atoms with Gasteiger partial charge in [-0.25, -0.2) is 4.98 Å². The van der Waals surface area contributed by atoms with E-state index in [1.54, 1.807) is 18.6 Å². The second-order valence-corrected chi connectivity index (χ2v) is 2.99. The number of hydrogen-bond acceptors (Lipinski definition) is 3. The number of nitrogens with zero attached hydrogens (tertiary/aromatic N) is 2. The van der Waals surface area contributed by atoms with Gasteiger partial charge in [-0.3, -0.25) is 0 Å². The third kappa shape index (κ3) is 1.96. The maximum Gasteiger partial charge on any atom is 0.0954 e. The Morgan fingerprint density at radius 3 is 3.08 bits per heavy atom. The molecule has 1 aromatic rings. The van der Waals surface area contributed by atoms with Crippen LogP contribution in [0.4, 0.5) is 0 Å². The van der Waals surface area contributed by atoms with E-state index in [0.29, 0.717) is 0 Å². The molecule has 4 nitrogen and oxygen atoms in total. The summed E-state index contributed by atoms with van der Waals surface area (Å²) in [5.74, 6) is 0. The average molecular weight is 181 g/mol. The fourth-order valence-corrected chi connectivity index (χ4v) is 1.15. The minimum atomic E-state index is -0.370. The SMILES string of the molecule is C=CC(C)n1cncc1C(N)CO. The van der Waals surface area contributed by atoms with Gasteiger partial charge in [0, 0.05) is 12.2 Å². The van der Waals surface area contributed by atoms with Gasteiger partial charge in [-0.2, -0.15) is 0 Å². The number of rotatable bonds is 4. The molecule has 0 amide bonds. The highest BCUT2D eigenvalue weighted by Gasteiger charge is 2.12. The fraction of sp³-hybridized carbons (Fsp3) is 0.444. The molecule has 2 unspecified atom stereocenters. The normalized spacial score (nSPS) is 15.3. The summed E-state index contributed by atoms with van der Waals surface area (Å²) in [6.45, 7) is 5.61. The highest BCUT2D eigenvalue weighted by atomic mass is 16.3. The van der Waals surface area contributed by atoms with E-state index in [1.165, 1.54) is 0 Å². The van der Waals surface area contributed by atoms with Crippen molar-refractivity contribution in [2.75, 3.05) is 6.61 Å². The standard InChI is InChI=1S/C9H15N3O/c1-3-7(2)12-6-11-4-9(12)8(10)5-13/h3-4,6-8,13H,1,5,10H2,2H3. The van der Waals surface area contributed by atoms with Crippen LogP contribution in [0.15, 0.2) is 25.2 Å². The van der Waals surface area contributed by atoms with Crippen molar-refractivity contribution in [2.45, 2.75) is 19.0 Å². The van der Waals surface area contributed by atoms with Crippen LogP contribution in [0.5, 0.6) is 0 Å². The van der Waals surface area contributed by atoms with Gasteiger partial charge < -0.3 is 15.4 Å². The molecule has 0 radical (unpaired) electrons. The maximum absolute atomic E-state index is 8.89. The maximum atomic E-state index is 8.89. The number of nitrogens with two attached hydrogens (primary N) is 1. The molecule has 13 heavy (non-hydrogen) atoms. The van der Waals surface area contributed by atoms with Crippen molar-refractivity contribution >= 4 is 0 Å². The summed E-state index contributed by atoms with van der Waals surface area (Å²) in [5.41, 5.74) is 6.52. The second kappa shape index (κ2) is 4.20. The van der Waals surface area contributed by atoms with E-state index in [9.17, 15) is 0 Å². The van der Waals surface area contributed by atoms with Crippen LogP contribution in [-0.4, -0.2) is 21.3 Å². The molecule has 1 heterocycles. The Labute approximate surface area is 77.7 Å². The van der Waals surface area contributed by atoms with E-state index in [-0.39, 0.29) is 18.7 Å². The molecule has 0 saturated heterocycles. The van der Waals surface area contributed by atoms with Gasteiger partial charge in [0.25, 0.3) is 0 Å². The molecule has 0 aliphatic carbocycles. The molecule has 0 bridgehead atoms. The van der Waals surface area contributed by atoms with Crippen LogP contribution < -0.4 is 5.73 Å². The van der Waals surface area contributed by atoms with Crippen molar-refractivity contribution in [3.05, 3.63) is 30.9 Å². The summed E-state index contributed by atoms with van der Waals surface area (Å²) in [5, 5.41) is 8.89. The monoisotopic (exact) mass is 181 g/mol. The second-order valence-electron chi connectivity index (χ2n) is 2.99. The van der Waals surface area contributed by atoms with E-state index >= 15 is 0 Å². The number of aliphatic hydroxyl groups is 1. The zero-order valence-electron chi connectivity index (χ0n) is 7.72. The third-order valence-electron chi connectivity index (χ3n) is 2.05. The van der Waals surface area contributed by atoms with Crippen molar-refractivity contribution < 1.29 is 5.11 Å². The molecule has 72 valence electrons. The van der Waals surface area contributed by atoms with E-state index in [2.05, 4.69) is 11.6 Å². The number of aromatic nitrogens is 2. The molecule has 3 N–H and O–H groups in total. The summed E-state index contributed by atoms with van der Waals surface area (Å²) in [4.78, 5) is 3.98. The van der Waals surface area contributed by atoms with E-state index in [0.717, 1.165) is 5.69 Å². The number of aliphatic hydroxyl groups excluding tert-OH is 1. The van der Waals surface area contributed by atoms with Crippen molar-refractivity contribution in [1.82, 2.24) is 9.55 Å². The van der Waals surface area contributed by atoms with E-state index < -0.39 is 0 Å². The molecule has 4 heteroatoms. The zero-order chi connectivity index (χ0) is 9.84. The van der Waals surface area contributed by atoms with Gasteiger partial charge in [0.2, 0.25) is 0 Å². The van der Waals surface area contributed by atoms with Gasteiger partial charge in [0.15, 0.2) is 0 Å². The van der Waals surface area contributed by atoms with Gasteiger partial charge in [-0.05, 0) is 6.92 Å². The Balaban J connectivity index is 2.94. The first-order chi connectivity index (χ1) is 6.20. The minimum absolute atomic E-state index is 0.0739. The Morgan fingerprint density at radius 1 is 1.85 bits per heavy atom. The summed E-state index contributed by atoms with van der Waals surface area (Å²) in [7, 11) is 0. The molecule has 0 aliphatic heterocycles.